The van der Waals surface area contributed by atoms with Crippen molar-refractivity contribution in [2.45, 2.75) is 26.4 Å². The minimum Gasteiger partial charge on any atom is -0.344 e. The molecule has 0 fully saturated rings. The van der Waals surface area contributed by atoms with E-state index in [9.17, 15) is 4.79 Å². The van der Waals surface area contributed by atoms with E-state index >= 15 is 0 Å². The number of hydrogen-bond donors (Lipinski definition) is 1. The Morgan fingerprint density at radius 3 is 2.59 bits per heavy atom. The van der Waals surface area contributed by atoms with Gasteiger partial charge in [-0.25, -0.2) is 0 Å². The van der Waals surface area contributed by atoms with Crippen molar-refractivity contribution in [2.24, 2.45) is 0 Å². The summed E-state index contributed by atoms with van der Waals surface area (Å²) in [6.45, 7) is 4.82. The summed E-state index contributed by atoms with van der Waals surface area (Å²) in [5, 5.41) is 5.23. The molecule has 4 aromatic rings. The number of aromatic nitrogens is 1. The minimum atomic E-state index is -0.0430. The number of carbonyl (C=O) groups is 1. The fraction of sp³-hybridized carbons (Fsp3) is 0.174. The van der Waals surface area contributed by atoms with E-state index < -0.39 is 0 Å². The molecule has 4 rings (SSSR count). The molecule has 0 saturated carbocycles. The number of fused-ring (bicyclic) bond motifs is 1. The molecule has 3 nitrogen and oxygen atoms in total. The predicted molar refractivity (Wildman–Crippen MR) is 112 cm³/mol. The van der Waals surface area contributed by atoms with Crippen molar-refractivity contribution in [3.8, 4) is 0 Å². The van der Waals surface area contributed by atoms with E-state index in [1.807, 2.05) is 55.5 Å². The summed E-state index contributed by atoms with van der Waals surface area (Å²) >= 11 is 1.67. The first-order valence-corrected chi connectivity index (χ1v) is 9.98. The van der Waals surface area contributed by atoms with Gasteiger partial charge >= 0.3 is 0 Å². The van der Waals surface area contributed by atoms with Gasteiger partial charge in [0.15, 0.2) is 0 Å². The second kappa shape index (κ2) is 7.41. The molecule has 136 valence electrons. The number of hydrogen-bond acceptors (Lipinski definition) is 2. The topological polar surface area (TPSA) is 34.0 Å². The van der Waals surface area contributed by atoms with Gasteiger partial charge in [0.05, 0.1) is 16.3 Å². The van der Waals surface area contributed by atoms with E-state index in [0.29, 0.717) is 12.2 Å². The van der Waals surface area contributed by atoms with Crippen LogP contribution in [0, 0.1) is 6.92 Å². The quantitative estimate of drug-likeness (QED) is 0.488. The highest BCUT2D eigenvalue weighted by molar-refractivity contribution is 7.17. The third-order valence-electron chi connectivity index (χ3n) is 4.99. The zero-order valence-electron chi connectivity index (χ0n) is 15.5. The zero-order chi connectivity index (χ0) is 18.8. The van der Waals surface area contributed by atoms with Crippen LogP contribution in [0.5, 0.6) is 0 Å². The Kier molecular flexibility index (Phi) is 4.82. The minimum absolute atomic E-state index is 0.0386. The Hall–Kier alpha value is -2.85. The van der Waals surface area contributed by atoms with Crippen molar-refractivity contribution in [1.82, 2.24) is 9.88 Å². The molecule has 0 saturated heterocycles. The summed E-state index contributed by atoms with van der Waals surface area (Å²) in [6, 6.07) is 22.4. The number of rotatable bonds is 5. The van der Waals surface area contributed by atoms with Crippen molar-refractivity contribution in [3.05, 3.63) is 94.5 Å². The molecule has 0 bridgehead atoms. The summed E-state index contributed by atoms with van der Waals surface area (Å²) in [5.74, 6) is -0.0386. The van der Waals surface area contributed by atoms with Crippen LogP contribution in [0.3, 0.4) is 0 Å². The molecule has 0 aliphatic rings. The van der Waals surface area contributed by atoms with E-state index in [-0.39, 0.29) is 11.9 Å². The molecule has 1 N–H and O–H groups in total. The lowest BCUT2D eigenvalue weighted by atomic mass is 10.1. The molecule has 0 radical (unpaired) electrons. The van der Waals surface area contributed by atoms with Crippen LogP contribution in [0.15, 0.2) is 72.1 Å². The van der Waals surface area contributed by atoms with Crippen molar-refractivity contribution in [2.75, 3.05) is 0 Å². The molecule has 0 aliphatic heterocycles. The van der Waals surface area contributed by atoms with Crippen LogP contribution in [-0.2, 0) is 6.54 Å². The van der Waals surface area contributed by atoms with Gasteiger partial charge in [-0.15, -0.1) is 11.3 Å². The summed E-state index contributed by atoms with van der Waals surface area (Å²) < 4.78 is 3.27. The Morgan fingerprint density at radius 2 is 1.81 bits per heavy atom. The van der Waals surface area contributed by atoms with Crippen LogP contribution in [0.1, 0.15) is 40.1 Å². The van der Waals surface area contributed by atoms with Crippen LogP contribution in [-0.4, -0.2) is 10.5 Å². The first kappa shape index (κ1) is 17.6. The number of thiophene rings is 1. The van der Waals surface area contributed by atoms with Crippen LogP contribution in [0.25, 0.3) is 10.2 Å². The first-order chi connectivity index (χ1) is 13.1. The molecule has 2 aromatic heterocycles. The number of nitrogens with zero attached hydrogens (tertiary/aromatic N) is 1. The zero-order valence-corrected chi connectivity index (χ0v) is 16.3. The van der Waals surface area contributed by atoms with Gasteiger partial charge in [-0.05, 0) is 48.1 Å². The molecular formula is C23H22N2OS. The van der Waals surface area contributed by atoms with Gasteiger partial charge in [0.1, 0.15) is 5.69 Å². The summed E-state index contributed by atoms with van der Waals surface area (Å²) in [4.78, 5) is 13.1. The highest BCUT2D eigenvalue weighted by Gasteiger charge is 2.19. The maximum absolute atomic E-state index is 13.1. The van der Waals surface area contributed by atoms with Gasteiger partial charge in [0.25, 0.3) is 5.91 Å². The lowest BCUT2D eigenvalue weighted by Crippen LogP contribution is -2.28. The van der Waals surface area contributed by atoms with Crippen molar-refractivity contribution < 1.29 is 4.79 Å². The van der Waals surface area contributed by atoms with Gasteiger partial charge in [-0.1, -0.05) is 54.6 Å². The van der Waals surface area contributed by atoms with E-state index in [1.165, 1.54) is 11.1 Å². The number of amides is 1. The summed E-state index contributed by atoms with van der Waals surface area (Å²) in [7, 11) is 0. The van der Waals surface area contributed by atoms with Crippen LogP contribution in [0.2, 0.25) is 0 Å². The van der Waals surface area contributed by atoms with E-state index in [0.717, 1.165) is 15.8 Å². The maximum Gasteiger partial charge on any atom is 0.268 e. The summed E-state index contributed by atoms with van der Waals surface area (Å²) in [5.41, 5.74) is 5.39. The average molecular weight is 375 g/mol. The second-order valence-electron chi connectivity index (χ2n) is 6.82. The monoisotopic (exact) mass is 374 g/mol. The van der Waals surface area contributed by atoms with E-state index in [2.05, 4.69) is 40.4 Å². The fourth-order valence-electron chi connectivity index (χ4n) is 3.39. The second-order valence-corrected chi connectivity index (χ2v) is 7.77. The lowest BCUT2D eigenvalue weighted by Gasteiger charge is -2.16. The number of aryl methyl sites for hydroxylation is 1. The molecule has 1 amide bonds. The molecule has 1 atom stereocenters. The number of nitrogens with one attached hydrogen (secondary N) is 1. The highest BCUT2D eigenvalue weighted by Crippen LogP contribution is 2.27. The van der Waals surface area contributed by atoms with Crippen LogP contribution < -0.4 is 5.32 Å². The molecule has 4 heteroatoms. The summed E-state index contributed by atoms with van der Waals surface area (Å²) in [6.07, 6.45) is 0. The fourth-order valence-corrected chi connectivity index (χ4v) is 4.21. The molecule has 27 heavy (non-hydrogen) atoms. The third-order valence-corrected chi connectivity index (χ3v) is 5.85. The Bertz CT molecular complexity index is 1080. The first-order valence-electron chi connectivity index (χ1n) is 9.10. The lowest BCUT2D eigenvalue weighted by molar-refractivity contribution is 0.0931. The smallest absolute Gasteiger partial charge is 0.268 e. The Morgan fingerprint density at radius 1 is 1.07 bits per heavy atom. The molecule has 2 heterocycles. The normalized spacial score (nSPS) is 12.2. The molecule has 0 unspecified atom stereocenters. The molecule has 2 aromatic carbocycles. The highest BCUT2D eigenvalue weighted by atomic mass is 32.1. The van der Waals surface area contributed by atoms with Gasteiger partial charge in [0, 0.05) is 6.54 Å². The number of benzene rings is 2. The standard InChI is InChI=1S/C23H22N2OS/c1-16-8-6-7-11-19(16)15-25-20-12-13-27-22(20)14-21(25)23(26)24-17(2)18-9-4-3-5-10-18/h3-14,17H,15H2,1-2H3,(H,24,26)/t17-/m0/s1. The molecule has 0 aliphatic carbocycles. The van der Waals surface area contributed by atoms with Crippen molar-refractivity contribution >= 4 is 27.5 Å². The maximum atomic E-state index is 13.1. The van der Waals surface area contributed by atoms with Gasteiger partial charge in [0.2, 0.25) is 0 Å². The SMILES string of the molecule is Cc1ccccc1Cn1c(C(=O)N[C@@H](C)c2ccccc2)cc2sccc21. The Balaban J connectivity index is 1.66. The van der Waals surface area contributed by atoms with Crippen LogP contribution in [0.4, 0.5) is 0 Å². The number of carbonyl (C=O) groups excluding carboxylic acids is 1. The van der Waals surface area contributed by atoms with Gasteiger partial charge < -0.3 is 9.88 Å². The van der Waals surface area contributed by atoms with E-state index in [1.54, 1.807) is 11.3 Å². The largest absolute Gasteiger partial charge is 0.344 e. The van der Waals surface area contributed by atoms with Crippen molar-refractivity contribution in [3.63, 3.8) is 0 Å². The predicted octanol–water partition coefficient (Wildman–Crippen LogP) is 5.55. The van der Waals surface area contributed by atoms with Gasteiger partial charge in [-0.3, -0.25) is 4.79 Å². The third kappa shape index (κ3) is 3.53. The van der Waals surface area contributed by atoms with Gasteiger partial charge in [-0.2, -0.15) is 0 Å². The molecule has 0 spiro atoms. The van der Waals surface area contributed by atoms with Crippen LogP contribution >= 0.6 is 11.3 Å². The average Bonchev–Trinajstić information content (AvgIpc) is 3.27. The Labute approximate surface area is 163 Å². The van der Waals surface area contributed by atoms with Crippen molar-refractivity contribution in [1.29, 1.82) is 0 Å². The molecular weight excluding hydrogens is 352 g/mol. The van der Waals surface area contributed by atoms with E-state index in [4.69, 9.17) is 0 Å².